The van der Waals surface area contributed by atoms with Gasteiger partial charge in [-0.25, -0.2) is 4.99 Å². The molecule has 2 saturated carbocycles. The van der Waals surface area contributed by atoms with Crippen LogP contribution < -0.4 is 5.30 Å². The van der Waals surface area contributed by atoms with Crippen molar-refractivity contribution in [1.29, 1.82) is 0 Å². The number of benzene rings is 1. The Hall–Kier alpha value is -0.880. The van der Waals surface area contributed by atoms with Crippen LogP contribution in [0.3, 0.4) is 0 Å². The first-order valence-electron chi connectivity index (χ1n) is 11.3. The predicted octanol–water partition coefficient (Wildman–Crippen LogP) is 6.26. The van der Waals surface area contributed by atoms with Crippen molar-refractivity contribution in [2.45, 2.75) is 95.4 Å². The molecule has 1 heterocycles. The zero-order chi connectivity index (χ0) is 18.6. The molecule has 27 heavy (non-hydrogen) atoms. The maximum atomic E-state index is 6.14. The van der Waals surface area contributed by atoms with Crippen LogP contribution in [0.15, 0.2) is 29.3 Å². The summed E-state index contributed by atoms with van der Waals surface area (Å²) in [6.45, 7) is 5.26. The number of hydrogen-bond acceptors (Lipinski definition) is 2. The van der Waals surface area contributed by atoms with Crippen LogP contribution in [0.2, 0.25) is 0 Å². The van der Waals surface area contributed by atoms with E-state index in [0.29, 0.717) is 12.0 Å². The van der Waals surface area contributed by atoms with Crippen LogP contribution >= 0.6 is 7.92 Å². The Morgan fingerprint density at radius 1 is 0.889 bits per heavy atom. The molecule has 0 amide bonds. The van der Waals surface area contributed by atoms with E-state index >= 15 is 0 Å². The third-order valence-electron chi connectivity index (χ3n) is 6.79. The van der Waals surface area contributed by atoms with Gasteiger partial charge in [0.15, 0.2) is 0 Å². The molecule has 0 spiro atoms. The molecule has 0 N–H and O–H groups in total. The van der Waals surface area contributed by atoms with Gasteiger partial charge in [0, 0.05) is 5.56 Å². The molecule has 1 aromatic rings. The second kappa shape index (κ2) is 9.08. The molecule has 0 unspecified atom stereocenters. The molecule has 4 rings (SSSR count). The van der Waals surface area contributed by atoms with Gasteiger partial charge in [-0.2, -0.15) is 0 Å². The fraction of sp³-hybridized carbons (Fsp3) is 0.708. The molecule has 0 aromatic heterocycles. The number of ether oxygens (including phenoxy) is 1. The highest BCUT2D eigenvalue weighted by Gasteiger charge is 2.35. The number of rotatable bonds is 5. The minimum absolute atomic E-state index is 0.119. The summed E-state index contributed by atoms with van der Waals surface area (Å²) in [7, 11) is -0.119. The van der Waals surface area contributed by atoms with Crippen LogP contribution in [-0.2, 0) is 4.74 Å². The zero-order valence-corrected chi connectivity index (χ0v) is 18.1. The SMILES string of the molecule is CC(C)[C@H]1COC(c2ccccc2P(C2CCCCC2)C2CCCCC2)=N1. The van der Waals surface area contributed by atoms with Gasteiger partial charge in [-0.1, -0.05) is 78.5 Å². The van der Waals surface area contributed by atoms with Crippen molar-refractivity contribution in [2.24, 2.45) is 10.9 Å². The summed E-state index contributed by atoms with van der Waals surface area (Å²) >= 11 is 0. The third kappa shape index (κ3) is 4.42. The van der Waals surface area contributed by atoms with E-state index < -0.39 is 0 Å². The van der Waals surface area contributed by atoms with Crippen molar-refractivity contribution in [1.82, 2.24) is 0 Å². The lowest BCUT2D eigenvalue weighted by atomic mass is 9.99. The Labute approximate surface area is 166 Å². The Morgan fingerprint density at radius 2 is 1.48 bits per heavy atom. The standard InChI is InChI=1S/C24H36NOP/c1-18(2)22-17-26-24(25-22)21-15-9-10-16-23(21)27(19-11-5-3-6-12-19)20-13-7-4-8-14-20/h9-10,15-16,18-20,22H,3-8,11-14,17H2,1-2H3/t22-/m1/s1. The monoisotopic (exact) mass is 385 g/mol. The lowest BCUT2D eigenvalue weighted by molar-refractivity contribution is 0.292. The molecule has 1 aromatic carbocycles. The van der Waals surface area contributed by atoms with Crippen molar-refractivity contribution < 1.29 is 4.74 Å². The summed E-state index contributed by atoms with van der Waals surface area (Å²) in [5.41, 5.74) is 3.16. The van der Waals surface area contributed by atoms with Crippen LogP contribution in [0.25, 0.3) is 0 Å². The Balaban J connectivity index is 1.68. The molecule has 2 fully saturated rings. The predicted molar refractivity (Wildman–Crippen MR) is 118 cm³/mol. The average molecular weight is 386 g/mol. The van der Waals surface area contributed by atoms with Gasteiger partial charge in [-0.3, -0.25) is 0 Å². The summed E-state index contributed by atoms with van der Waals surface area (Å²) in [6.07, 6.45) is 14.4. The first kappa shape index (κ1) is 19.4. The Bertz CT molecular complexity index is 626. The molecule has 1 atom stereocenters. The molecule has 2 aliphatic carbocycles. The Morgan fingerprint density at radius 3 is 2.04 bits per heavy atom. The van der Waals surface area contributed by atoms with E-state index in [-0.39, 0.29) is 7.92 Å². The lowest BCUT2D eigenvalue weighted by Gasteiger charge is -2.39. The van der Waals surface area contributed by atoms with E-state index in [1.54, 1.807) is 5.30 Å². The van der Waals surface area contributed by atoms with Crippen molar-refractivity contribution in [3.05, 3.63) is 29.8 Å². The number of aliphatic imine (C=N–C) groups is 1. The zero-order valence-electron chi connectivity index (χ0n) is 17.2. The maximum Gasteiger partial charge on any atom is 0.217 e. The van der Waals surface area contributed by atoms with Crippen molar-refractivity contribution >= 4 is 19.1 Å². The topological polar surface area (TPSA) is 21.6 Å². The van der Waals surface area contributed by atoms with Crippen LogP contribution in [-0.4, -0.2) is 29.9 Å². The van der Waals surface area contributed by atoms with Crippen LogP contribution in [0.4, 0.5) is 0 Å². The normalized spacial score (nSPS) is 25.0. The minimum Gasteiger partial charge on any atom is -0.475 e. The minimum atomic E-state index is -0.119. The fourth-order valence-corrected chi connectivity index (χ4v) is 9.10. The summed E-state index contributed by atoms with van der Waals surface area (Å²) in [5.74, 6) is 1.48. The van der Waals surface area contributed by atoms with E-state index in [4.69, 9.17) is 9.73 Å². The second-order valence-electron chi connectivity index (χ2n) is 9.06. The number of hydrogen-bond donors (Lipinski definition) is 0. The second-order valence-corrected chi connectivity index (χ2v) is 11.8. The Kier molecular flexibility index (Phi) is 6.54. The van der Waals surface area contributed by atoms with E-state index in [2.05, 4.69) is 38.1 Å². The third-order valence-corrected chi connectivity index (χ3v) is 10.3. The van der Waals surface area contributed by atoms with Crippen molar-refractivity contribution in [3.63, 3.8) is 0 Å². The molecular formula is C24H36NOP. The quantitative estimate of drug-likeness (QED) is 0.548. The van der Waals surface area contributed by atoms with Gasteiger partial charge in [0.05, 0.1) is 6.04 Å². The molecule has 3 heteroatoms. The van der Waals surface area contributed by atoms with Crippen LogP contribution in [0, 0.1) is 5.92 Å². The van der Waals surface area contributed by atoms with E-state index in [9.17, 15) is 0 Å². The largest absolute Gasteiger partial charge is 0.475 e. The first-order valence-corrected chi connectivity index (χ1v) is 12.8. The van der Waals surface area contributed by atoms with Gasteiger partial charge in [0.1, 0.15) is 6.61 Å². The number of nitrogens with zero attached hydrogens (tertiary/aromatic N) is 1. The summed E-state index contributed by atoms with van der Waals surface area (Å²) in [6, 6.07) is 9.48. The van der Waals surface area contributed by atoms with Gasteiger partial charge in [0.2, 0.25) is 5.90 Å². The van der Waals surface area contributed by atoms with Gasteiger partial charge in [0.25, 0.3) is 0 Å². The molecule has 2 nitrogen and oxygen atoms in total. The van der Waals surface area contributed by atoms with Crippen molar-refractivity contribution in [3.8, 4) is 0 Å². The first-order chi connectivity index (χ1) is 13.2. The van der Waals surface area contributed by atoms with Crippen LogP contribution in [0.1, 0.15) is 83.6 Å². The highest BCUT2D eigenvalue weighted by atomic mass is 31.1. The molecule has 3 aliphatic rings. The van der Waals surface area contributed by atoms with Gasteiger partial charge in [-0.15, -0.1) is 0 Å². The average Bonchev–Trinajstić information content (AvgIpc) is 3.21. The fourth-order valence-electron chi connectivity index (χ4n) is 5.17. The highest BCUT2D eigenvalue weighted by molar-refractivity contribution is 7.67. The van der Waals surface area contributed by atoms with Crippen LogP contribution in [0.5, 0.6) is 0 Å². The maximum absolute atomic E-state index is 6.14. The van der Waals surface area contributed by atoms with E-state index in [1.807, 2.05) is 0 Å². The summed E-state index contributed by atoms with van der Waals surface area (Å²) in [4.78, 5) is 5.00. The summed E-state index contributed by atoms with van der Waals surface area (Å²) < 4.78 is 6.14. The smallest absolute Gasteiger partial charge is 0.217 e. The van der Waals surface area contributed by atoms with E-state index in [1.165, 1.54) is 69.8 Å². The molecule has 1 aliphatic heterocycles. The molecule has 148 valence electrons. The van der Waals surface area contributed by atoms with Gasteiger partial charge >= 0.3 is 0 Å². The molecular weight excluding hydrogens is 349 g/mol. The van der Waals surface area contributed by atoms with Crippen molar-refractivity contribution in [2.75, 3.05) is 6.61 Å². The molecule has 0 radical (unpaired) electrons. The van der Waals surface area contributed by atoms with Gasteiger partial charge < -0.3 is 4.74 Å². The van der Waals surface area contributed by atoms with Gasteiger partial charge in [-0.05, 0) is 54.3 Å². The molecule has 0 saturated heterocycles. The van der Waals surface area contributed by atoms with E-state index in [0.717, 1.165) is 23.8 Å². The summed E-state index contributed by atoms with van der Waals surface area (Å²) in [5, 5.41) is 1.61. The molecule has 0 bridgehead atoms. The highest BCUT2D eigenvalue weighted by Crippen LogP contribution is 2.55. The lowest BCUT2D eigenvalue weighted by Crippen LogP contribution is -2.29.